The lowest BCUT2D eigenvalue weighted by Gasteiger charge is -2.44. The highest BCUT2D eigenvalue weighted by Crippen LogP contribution is 2.28. The van der Waals surface area contributed by atoms with Crippen LogP contribution in [0.1, 0.15) is 25.0 Å². The van der Waals surface area contributed by atoms with E-state index in [-0.39, 0.29) is 5.54 Å². The van der Waals surface area contributed by atoms with Crippen LogP contribution in [0.5, 0.6) is 0 Å². The summed E-state index contributed by atoms with van der Waals surface area (Å²) < 4.78 is 0. The average Bonchev–Trinajstić information content (AvgIpc) is 2.57. The number of piperazine rings is 1. The van der Waals surface area contributed by atoms with Crippen LogP contribution in [-0.4, -0.2) is 36.0 Å². The Hall–Kier alpha value is -1.64. The second kappa shape index (κ2) is 6.64. The number of hydrogen-bond donors (Lipinski definition) is 0. The van der Waals surface area contributed by atoms with Crippen LogP contribution in [0.3, 0.4) is 0 Å². The number of hydrogen-bond acceptors (Lipinski definition) is 2. The number of rotatable bonds is 4. The first-order chi connectivity index (χ1) is 10.7. The van der Waals surface area contributed by atoms with Crippen molar-refractivity contribution in [1.82, 2.24) is 9.80 Å². The maximum atomic E-state index is 2.61. The number of nitrogens with zero attached hydrogens (tertiary/aromatic N) is 2. The van der Waals surface area contributed by atoms with Gasteiger partial charge in [0.05, 0.1) is 0 Å². The lowest BCUT2D eigenvalue weighted by atomic mass is 9.91. The second-order valence-electron chi connectivity index (χ2n) is 6.67. The molecule has 1 aliphatic rings. The monoisotopic (exact) mass is 294 g/mol. The van der Waals surface area contributed by atoms with Crippen LogP contribution in [-0.2, 0) is 12.1 Å². The van der Waals surface area contributed by atoms with Gasteiger partial charge in [-0.25, -0.2) is 0 Å². The molecule has 0 spiro atoms. The zero-order valence-electron chi connectivity index (χ0n) is 13.7. The van der Waals surface area contributed by atoms with E-state index in [9.17, 15) is 0 Å². The highest BCUT2D eigenvalue weighted by molar-refractivity contribution is 5.23. The molecule has 0 saturated carbocycles. The van der Waals surface area contributed by atoms with Crippen molar-refractivity contribution in [2.24, 2.45) is 0 Å². The van der Waals surface area contributed by atoms with Gasteiger partial charge in [0.1, 0.15) is 0 Å². The predicted molar refractivity (Wildman–Crippen MR) is 92.8 cm³/mol. The lowest BCUT2D eigenvalue weighted by Crippen LogP contribution is -2.52. The SMILES string of the molecule is CC(C)(c1ccccc1)N1CCN(Cc2ccccc2)CC1. The van der Waals surface area contributed by atoms with Crippen molar-refractivity contribution >= 4 is 0 Å². The Kier molecular flexibility index (Phi) is 4.60. The van der Waals surface area contributed by atoms with Crippen LogP contribution >= 0.6 is 0 Å². The van der Waals surface area contributed by atoms with Crippen molar-refractivity contribution in [2.75, 3.05) is 26.2 Å². The minimum Gasteiger partial charge on any atom is -0.297 e. The molecule has 0 unspecified atom stereocenters. The summed E-state index contributed by atoms with van der Waals surface area (Å²) in [5.74, 6) is 0. The third kappa shape index (κ3) is 3.40. The fourth-order valence-corrected chi connectivity index (χ4v) is 3.34. The molecule has 22 heavy (non-hydrogen) atoms. The van der Waals surface area contributed by atoms with E-state index >= 15 is 0 Å². The summed E-state index contributed by atoms with van der Waals surface area (Å²) in [5, 5.41) is 0. The zero-order valence-corrected chi connectivity index (χ0v) is 13.7. The summed E-state index contributed by atoms with van der Waals surface area (Å²) in [6.07, 6.45) is 0. The van der Waals surface area contributed by atoms with Crippen molar-refractivity contribution in [3.8, 4) is 0 Å². The molecule has 2 aromatic rings. The molecule has 0 amide bonds. The summed E-state index contributed by atoms with van der Waals surface area (Å²) in [7, 11) is 0. The highest BCUT2D eigenvalue weighted by Gasteiger charge is 2.31. The molecule has 1 fully saturated rings. The molecule has 3 rings (SSSR count). The molecule has 0 N–H and O–H groups in total. The van der Waals surface area contributed by atoms with Crippen LogP contribution in [0, 0.1) is 0 Å². The van der Waals surface area contributed by atoms with Crippen LogP contribution in [0.4, 0.5) is 0 Å². The molecule has 0 radical (unpaired) electrons. The minimum atomic E-state index is 0.111. The van der Waals surface area contributed by atoms with Gasteiger partial charge in [-0.1, -0.05) is 60.7 Å². The molecule has 0 bridgehead atoms. The molecular weight excluding hydrogens is 268 g/mol. The molecule has 1 saturated heterocycles. The Bertz CT molecular complexity index is 569. The molecule has 0 aromatic heterocycles. The Morgan fingerprint density at radius 3 is 1.91 bits per heavy atom. The molecule has 2 heteroatoms. The smallest absolute Gasteiger partial charge is 0.0405 e. The molecule has 2 aromatic carbocycles. The molecule has 0 atom stereocenters. The van der Waals surface area contributed by atoms with Gasteiger partial charge >= 0.3 is 0 Å². The average molecular weight is 294 g/mol. The molecule has 1 heterocycles. The van der Waals surface area contributed by atoms with Gasteiger partial charge in [-0.05, 0) is 25.0 Å². The summed E-state index contributed by atoms with van der Waals surface area (Å²) in [5.41, 5.74) is 2.94. The van der Waals surface area contributed by atoms with E-state index in [2.05, 4.69) is 84.3 Å². The van der Waals surface area contributed by atoms with Gasteiger partial charge < -0.3 is 0 Å². The Morgan fingerprint density at radius 1 is 0.773 bits per heavy atom. The van der Waals surface area contributed by atoms with Gasteiger partial charge in [0.2, 0.25) is 0 Å². The fourth-order valence-electron chi connectivity index (χ4n) is 3.34. The maximum absolute atomic E-state index is 2.61. The van der Waals surface area contributed by atoms with Gasteiger partial charge in [0, 0.05) is 38.3 Å². The first-order valence-corrected chi connectivity index (χ1v) is 8.23. The summed E-state index contributed by atoms with van der Waals surface area (Å²) >= 11 is 0. The second-order valence-corrected chi connectivity index (χ2v) is 6.67. The summed E-state index contributed by atoms with van der Waals surface area (Å²) in [6.45, 7) is 10.3. The van der Waals surface area contributed by atoms with E-state index in [0.717, 1.165) is 32.7 Å². The van der Waals surface area contributed by atoms with E-state index in [1.54, 1.807) is 0 Å². The first-order valence-electron chi connectivity index (χ1n) is 8.23. The van der Waals surface area contributed by atoms with E-state index < -0.39 is 0 Å². The van der Waals surface area contributed by atoms with Crippen molar-refractivity contribution in [2.45, 2.75) is 25.9 Å². The largest absolute Gasteiger partial charge is 0.297 e. The van der Waals surface area contributed by atoms with Gasteiger partial charge in [-0.15, -0.1) is 0 Å². The van der Waals surface area contributed by atoms with Gasteiger partial charge in [-0.3, -0.25) is 9.80 Å². The van der Waals surface area contributed by atoms with Crippen molar-refractivity contribution in [3.63, 3.8) is 0 Å². The minimum absolute atomic E-state index is 0.111. The van der Waals surface area contributed by atoms with E-state index in [1.165, 1.54) is 11.1 Å². The van der Waals surface area contributed by atoms with Crippen LogP contribution < -0.4 is 0 Å². The normalized spacial score (nSPS) is 17.5. The standard InChI is InChI=1S/C20H26N2/c1-20(2,19-11-7-4-8-12-19)22-15-13-21(14-16-22)17-18-9-5-3-6-10-18/h3-12H,13-17H2,1-2H3. The van der Waals surface area contributed by atoms with Crippen LogP contribution in [0.15, 0.2) is 60.7 Å². The predicted octanol–water partition coefficient (Wildman–Crippen LogP) is 3.74. The third-order valence-corrected chi connectivity index (χ3v) is 4.89. The van der Waals surface area contributed by atoms with E-state index in [4.69, 9.17) is 0 Å². The zero-order chi connectivity index (χ0) is 15.4. The maximum Gasteiger partial charge on any atom is 0.0405 e. The van der Waals surface area contributed by atoms with Gasteiger partial charge in [0.15, 0.2) is 0 Å². The Morgan fingerprint density at radius 2 is 1.32 bits per heavy atom. The molecule has 1 aliphatic heterocycles. The van der Waals surface area contributed by atoms with E-state index in [0.29, 0.717) is 0 Å². The molecule has 0 aliphatic carbocycles. The summed E-state index contributed by atoms with van der Waals surface area (Å²) in [6, 6.07) is 21.7. The lowest BCUT2D eigenvalue weighted by molar-refractivity contribution is 0.0475. The van der Waals surface area contributed by atoms with Gasteiger partial charge in [0.25, 0.3) is 0 Å². The fraction of sp³-hybridized carbons (Fsp3) is 0.400. The number of benzene rings is 2. The summed E-state index contributed by atoms with van der Waals surface area (Å²) in [4.78, 5) is 5.18. The van der Waals surface area contributed by atoms with Crippen molar-refractivity contribution < 1.29 is 0 Å². The van der Waals surface area contributed by atoms with Crippen LogP contribution in [0.25, 0.3) is 0 Å². The van der Waals surface area contributed by atoms with E-state index in [1.807, 2.05) is 0 Å². The van der Waals surface area contributed by atoms with Gasteiger partial charge in [-0.2, -0.15) is 0 Å². The van der Waals surface area contributed by atoms with Crippen molar-refractivity contribution in [3.05, 3.63) is 71.8 Å². The molecule has 2 nitrogen and oxygen atoms in total. The molecular formula is C20H26N2. The quantitative estimate of drug-likeness (QED) is 0.847. The first kappa shape index (κ1) is 15.3. The molecule has 116 valence electrons. The van der Waals surface area contributed by atoms with Crippen LogP contribution in [0.2, 0.25) is 0 Å². The third-order valence-electron chi connectivity index (χ3n) is 4.89. The Balaban J connectivity index is 1.60. The van der Waals surface area contributed by atoms with Crippen molar-refractivity contribution in [1.29, 1.82) is 0 Å². The Labute approximate surface area is 134 Å². The topological polar surface area (TPSA) is 6.48 Å². The highest BCUT2D eigenvalue weighted by atomic mass is 15.3.